The lowest BCUT2D eigenvalue weighted by Gasteiger charge is -2.34. The molecule has 1 fully saturated rings. The molecule has 5 nitrogen and oxygen atoms in total. The first-order valence-corrected chi connectivity index (χ1v) is 8.31. The summed E-state index contributed by atoms with van der Waals surface area (Å²) < 4.78 is 5.22. The summed E-state index contributed by atoms with van der Waals surface area (Å²) in [6, 6.07) is 5.93. The lowest BCUT2D eigenvalue weighted by molar-refractivity contribution is 0.0523. The van der Waals surface area contributed by atoms with Gasteiger partial charge >= 0.3 is 6.09 Å². The van der Waals surface area contributed by atoms with E-state index >= 15 is 0 Å². The number of ether oxygens (including phenoxy) is 1. The summed E-state index contributed by atoms with van der Waals surface area (Å²) in [4.78, 5) is 16.3. The molecule has 1 amide bonds. The molecule has 1 aliphatic heterocycles. The number of amides is 1. The van der Waals surface area contributed by atoms with Crippen LogP contribution in [0.25, 0.3) is 0 Å². The van der Waals surface area contributed by atoms with Crippen LogP contribution in [0.15, 0.2) is 18.2 Å². The highest BCUT2D eigenvalue weighted by Gasteiger charge is 2.18. The van der Waals surface area contributed by atoms with Crippen molar-refractivity contribution in [2.75, 3.05) is 38.1 Å². The van der Waals surface area contributed by atoms with Gasteiger partial charge in [-0.05, 0) is 45.5 Å². The van der Waals surface area contributed by atoms with Crippen LogP contribution in [0.1, 0.15) is 26.3 Å². The van der Waals surface area contributed by atoms with Crippen molar-refractivity contribution in [3.63, 3.8) is 0 Å². The van der Waals surface area contributed by atoms with E-state index in [-0.39, 0.29) is 0 Å². The maximum atomic E-state index is 11.7. The number of halogens is 1. The van der Waals surface area contributed by atoms with Crippen LogP contribution in [0.4, 0.5) is 10.5 Å². The standard InChI is InChI=1S/C17H26ClN3O2/c1-17(2,3)23-16(22)19-12-13-5-6-15(14(18)11-13)21-9-7-20(4)8-10-21/h5-6,11H,7-10,12H2,1-4H3,(H,19,22). The molecule has 0 unspecified atom stereocenters. The minimum Gasteiger partial charge on any atom is -0.444 e. The largest absolute Gasteiger partial charge is 0.444 e. The molecule has 0 atom stereocenters. The van der Waals surface area contributed by atoms with Crippen LogP contribution in [0.2, 0.25) is 5.02 Å². The van der Waals surface area contributed by atoms with E-state index in [9.17, 15) is 4.79 Å². The minimum absolute atomic E-state index is 0.400. The zero-order chi connectivity index (χ0) is 17.0. The van der Waals surface area contributed by atoms with E-state index in [4.69, 9.17) is 16.3 Å². The molecule has 1 aromatic rings. The van der Waals surface area contributed by atoms with Crippen molar-refractivity contribution in [1.82, 2.24) is 10.2 Å². The van der Waals surface area contributed by atoms with E-state index < -0.39 is 11.7 Å². The molecule has 0 aromatic heterocycles. The topological polar surface area (TPSA) is 44.8 Å². The van der Waals surface area contributed by atoms with Crippen LogP contribution in [-0.2, 0) is 11.3 Å². The number of alkyl carbamates (subject to hydrolysis) is 1. The second-order valence-electron chi connectivity index (χ2n) is 6.93. The number of carbonyl (C=O) groups is 1. The van der Waals surface area contributed by atoms with Gasteiger partial charge in [-0.25, -0.2) is 4.79 Å². The highest BCUT2D eigenvalue weighted by Crippen LogP contribution is 2.27. The van der Waals surface area contributed by atoms with Gasteiger partial charge in [-0.1, -0.05) is 17.7 Å². The number of rotatable bonds is 3. The number of likely N-dealkylation sites (N-methyl/N-ethyl adjacent to an activating group) is 1. The number of benzene rings is 1. The number of carbonyl (C=O) groups excluding carboxylic acids is 1. The Bertz CT molecular complexity index is 549. The van der Waals surface area contributed by atoms with Crippen molar-refractivity contribution in [3.05, 3.63) is 28.8 Å². The molecule has 0 radical (unpaired) electrons. The second kappa shape index (κ2) is 7.41. The van der Waals surface area contributed by atoms with Gasteiger partial charge in [0.25, 0.3) is 0 Å². The molecular formula is C17H26ClN3O2. The molecule has 0 aliphatic carbocycles. The van der Waals surface area contributed by atoms with E-state index in [0.29, 0.717) is 6.54 Å². The monoisotopic (exact) mass is 339 g/mol. The molecule has 6 heteroatoms. The first kappa shape index (κ1) is 17.9. The summed E-state index contributed by atoms with van der Waals surface area (Å²) in [5.41, 5.74) is 1.52. The second-order valence-corrected chi connectivity index (χ2v) is 7.34. The normalized spacial score (nSPS) is 16.3. The Morgan fingerprint density at radius 3 is 2.48 bits per heavy atom. The lowest BCUT2D eigenvalue weighted by atomic mass is 10.1. The molecule has 0 saturated carbocycles. The average Bonchev–Trinajstić information content (AvgIpc) is 2.45. The van der Waals surface area contributed by atoms with Gasteiger partial charge in [0.2, 0.25) is 0 Å². The van der Waals surface area contributed by atoms with E-state index in [0.717, 1.165) is 42.5 Å². The summed E-state index contributed by atoms with van der Waals surface area (Å²) in [5, 5.41) is 3.47. The van der Waals surface area contributed by atoms with Crippen molar-refractivity contribution in [2.24, 2.45) is 0 Å². The van der Waals surface area contributed by atoms with Crippen LogP contribution >= 0.6 is 11.6 Å². The summed E-state index contributed by atoms with van der Waals surface area (Å²) in [7, 11) is 2.13. The van der Waals surface area contributed by atoms with Gasteiger partial charge in [-0.2, -0.15) is 0 Å². The van der Waals surface area contributed by atoms with E-state index in [1.165, 1.54) is 0 Å². The maximum absolute atomic E-state index is 11.7. The number of hydrogen-bond donors (Lipinski definition) is 1. The molecule has 1 aliphatic rings. The Labute approximate surface area is 143 Å². The van der Waals surface area contributed by atoms with Crippen molar-refractivity contribution in [3.8, 4) is 0 Å². The summed E-state index contributed by atoms with van der Waals surface area (Å²) in [6.07, 6.45) is -0.420. The summed E-state index contributed by atoms with van der Waals surface area (Å²) >= 11 is 6.42. The lowest BCUT2D eigenvalue weighted by Crippen LogP contribution is -2.44. The van der Waals surface area contributed by atoms with E-state index in [1.54, 1.807) is 0 Å². The third kappa shape index (κ3) is 5.59. The van der Waals surface area contributed by atoms with Crippen molar-refractivity contribution in [2.45, 2.75) is 32.9 Å². The minimum atomic E-state index is -0.493. The Balaban J connectivity index is 1.93. The number of anilines is 1. The summed E-state index contributed by atoms with van der Waals surface area (Å²) in [6.45, 7) is 9.96. The molecular weight excluding hydrogens is 314 g/mol. The van der Waals surface area contributed by atoms with Crippen LogP contribution in [0.5, 0.6) is 0 Å². The highest BCUT2D eigenvalue weighted by molar-refractivity contribution is 6.33. The van der Waals surface area contributed by atoms with Gasteiger partial charge in [-0.3, -0.25) is 0 Å². The van der Waals surface area contributed by atoms with E-state index in [2.05, 4.69) is 22.2 Å². The van der Waals surface area contributed by atoms with Crippen molar-refractivity contribution in [1.29, 1.82) is 0 Å². The predicted octanol–water partition coefficient (Wildman–Crippen LogP) is 3.12. The highest BCUT2D eigenvalue weighted by atomic mass is 35.5. The molecule has 2 rings (SSSR count). The Hall–Kier alpha value is -1.46. The average molecular weight is 340 g/mol. The van der Waals surface area contributed by atoms with E-state index in [1.807, 2.05) is 39.0 Å². The number of nitrogens with one attached hydrogen (secondary N) is 1. The fraction of sp³-hybridized carbons (Fsp3) is 0.588. The van der Waals surface area contributed by atoms with Crippen LogP contribution in [0.3, 0.4) is 0 Å². The molecule has 0 bridgehead atoms. The fourth-order valence-corrected chi connectivity index (χ4v) is 2.78. The van der Waals surface area contributed by atoms with Gasteiger partial charge in [-0.15, -0.1) is 0 Å². The number of hydrogen-bond acceptors (Lipinski definition) is 4. The summed E-state index contributed by atoms with van der Waals surface area (Å²) in [5.74, 6) is 0. The predicted molar refractivity (Wildman–Crippen MR) is 94.2 cm³/mol. The van der Waals surface area contributed by atoms with Crippen molar-refractivity contribution < 1.29 is 9.53 Å². The zero-order valence-corrected chi connectivity index (χ0v) is 15.1. The number of piperazine rings is 1. The SMILES string of the molecule is CN1CCN(c2ccc(CNC(=O)OC(C)(C)C)cc2Cl)CC1. The quantitative estimate of drug-likeness (QED) is 0.919. The van der Waals surface area contributed by atoms with Gasteiger partial charge in [0.05, 0.1) is 10.7 Å². The molecule has 1 N–H and O–H groups in total. The third-order valence-electron chi connectivity index (χ3n) is 3.69. The molecule has 0 spiro atoms. The van der Waals surface area contributed by atoms with Crippen molar-refractivity contribution >= 4 is 23.4 Å². The zero-order valence-electron chi connectivity index (χ0n) is 14.4. The van der Waals surface area contributed by atoms with Crippen LogP contribution in [0, 0.1) is 0 Å². The fourth-order valence-electron chi connectivity index (χ4n) is 2.45. The third-order valence-corrected chi connectivity index (χ3v) is 3.99. The van der Waals surface area contributed by atoms with Crippen LogP contribution < -0.4 is 10.2 Å². The maximum Gasteiger partial charge on any atom is 0.407 e. The Morgan fingerprint density at radius 1 is 1.26 bits per heavy atom. The van der Waals surface area contributed by atoms with Gasteiger partial charge in [0, 0.05) is 32.7 Å². The first-order chi connectivity index (χ1) is 10.7. The molecule has 128 valence electrons. The smallest absolute Gasteiger partial charge is 0.407 e. The Kier molecular flexibility index (Phi) is 5.76. The molecule has 1 aromatic carbocycles. The number of nitrogens with zero attached hydrogens (tertiary/aromatic N) is 2. The molecule has 1 saturated heterocycles. The first-order valence-electron chi connectivity index (χ1n) is 7.93. The Morgan fingerprint density at radius 2 is 1.91 bits per heavy atom. The van der Waals surface area contributed by atoms with Crippen LogP contribution in [-0.4, -0.2) is 49.8 Å². The molecule has 23 heavy (non-hydrogen) atoms. The molecule has 1 heterocycles. The van der Waals surface area contributed by atoms with Gasteiger partial charge < -0.3 is 19.9 Å². The van der Waals surface area contributed by atoms with Gasteiger partial charge in [0.15, 0.2) is 0 Å². The van der Waals surface area contributed by atoms with Gasteiger partial charge in [0.1, 0.15) is 5.60 Å².